The molecule has 0 bridgehead atoms. The third kappa shape index (κ3) is 2.74. The Balaban J connectivity index is 2.22. The molecule has 1 N–H and O–H groups in total. The first kappa shape index (κ1) is 13.1. The topological polar surface area (TPSA) is 74.7 Å². The molecule has 0 atom stereocenters. The smallest absolute Gasteiger partial charge is 0.213 e. The van der Waals surface area contributed by atoms with Gasteiger partial charge in [-0.3, -0.25) is 4.98 Å². The molecule has 2 rings (SSSR count). The maximum atomic E-state index is 9.17. The minimum atomic E-state index is 0.451. The summed E-state index contributed by atoms with van der Waals surface area (Å²) in [4.78, 5) is 8.57. The molecule has 0 aliphatic rings. The molecular weight excluding hydrogens is 240 g/mol. The lowest BCUT2D eigenvalue weighted by molar-refractivity contribution is 0.478. The summed E-state index contributed by atoms with van der Waals surface area (Å²) in [6, 6.07) is 4.02. The molecule has 2 aromatic rings. The number of pyridine rings is 1. The Morgan fingerprint density at radius 2 is 1.95 bits per heavy atom. The molecule has 0 aliphatic carbocycles. The summed E-state index contributed by atoms with van der Waals surface area (Å²) in [5.74, 6) is 1.44. The highest BCUT2D eigenvalue weighted by Gasteiger charge is 2.10. The Labute approximate surface area is 112 Å². The van der Waals surface area contributed by atoms with Gasteiger partial charge in [0.2, 0.25) is 5.89 Å². The van der Waals surface area contributed by atoms with Gasteiger partial charge in [-0.05, 0) is 33.8 Å². The third-order valence-electron chi connectivity index (χ3n) is 2.94. The van der Waals surface area contributed by atoms with Crippen LogP contribution in [0.15, 0.2) is 10.5 Å². The number of anilines is 1. The normalized spacial score (nSPS) is 10.3. The fraction of sp³-hybridized carbons (Fsp3) is 0.357. The van der Waals surface area contributed by atoms with Gasteiger partial charge in [0.1, 0.15) is 11.8 Å². The van der Waals surface area contributed by atoms with Crippen molar-refractivity contribution < 1.29 is 4.42 Å². The van der Waals surface area contributed by atoms with Crippen LogP contribution in [-0.4, -0.2) is 9.97 Å². The van der Waals surface area contributed by atoms with Gasteiger partial charge < -0.3 is 9.73 Å². The number of hydrogen-bond donors (Lipinski definition) is 1. The van der Waals surface area contributed by atoms with Gasteiger partial charge >= 0.3 is 0 Å². The lowest BCUT2D eigenvalue weighted by Gasteiger charge is -2.09. The van der Waals surface area contributed by atoms with Gasteiger partial charge in [-0.2, -0.15) is 5.26 Å². The van der Waals surface area contributed by atoms with E-state index in [1.165, 1.54) is 0 Å². The minimum absolute atomic E-state index is 0.451. The molecule has 0 aliphatic heterocycles. The Bertz CT molecular complexity index is 633. The Kier molecular flexibility index (Phi) is 3.52. The van der Waals surface area contributed by atoms with Crippen LogP contribution in [0.3, 0.4) is 0 Å². The van der Waals surface area contributed by atoms with Gasteiger partial charge in [0.15, 0.2) is 0 Å². The van der Waals surface area contributed by atoms with E-state index in [4.69, 9.17) is 9.68 Å². The van der Waals surface area contributed by atoms with E-state index in [2.05, 4.69) is 21.4 Å². The second-order valence-corrected chi connectivity index (χ2v) is 4.49. The van der Waals surface area contributed by atoms with Gasteiger partial charge in [-0.1, -0.05) is 0 Å². The quantitative estimate of drug-likeness (QED) is 0.913. The monoisotopic (exact) mass is 256 g/mol. The SMILES string of the molecule is Cc1cc(NCc2nc(C)c(C)o2)c(C#N)c(C)n1. The van der Waals surface area contributed by atoms with Crippen molar-refractivity contribution >= 4 is 5.69 Å². The van der Waals surface area contributed by atoms with Crippen molar-refractivity contribution in [3.63, 3.8) is 0 Å². The number of aromatic nitrogens is 2. The summed E-state index contributed by atoms with van der Waals surface area (Å²) in [6.07, 6.45) is 0. The van der Waals surface area contributed by atoms with E-state index in [1.807, 2.05) is 33.8 Å². The minimum Gasteiger partial charge on any atom is -0.444 e. The van der Waals surface area contributed by atoms with Crippen LogP contribution in [0.1, 0.15) is 34.3 Å². The average molecular weight is 256 g/mol. The van der Waals surface area contributed by atoms with E-state index in [9.17, 15) is 0 Å². The molecule has 5 heteroatoms. The van der Waals surface area contributed by atoms with Crippen LogP contribution in [0.2, 0.25) is 0 Å². The highest BCUT2D eigenvalue weighted by Crippen LogP contribution is 2.19. The van der Waals surface area contributed by atoms with Crippen molar-refractivity contribution in [2.24, 2.45) is 0 Å². The van der Waals surface area contributed by atoms with Crippen LogP contribution in [0.4, 0.5) is 5.69 Å². The Hall–Kier alpha value is -2.35. The zero-order valence-corrected chi connectivity index (χ0v) is 11.5. The van der Waals surface area contributed by atoms with Gasteiger partial charge in [0, 0.05) is 5.69 Å². The van der Waals surface area contributed by atoms with Crippen LogP contribution >= 0.6 is 0 Å². The molecule has 98 valence electrons. The molecule has 0 saturated carbocycles. The molecular formula is C14H16N4O. The molecule has 5 nitrogen and oxygen atoms in total. The highest BCUT2D eigenvalue weighted by molar-refractivity contribution is 5.59. The second kappa shape index (κ2) is 5.11. The maximum Gasteiger partial charge on any atom is 0.213 e. The summed E-state index contributed by atoms with van der Waals surface area (Å²) in [7, 11) is 0. The average Bonchev–Trinajstić information content (AvgIpc) is 2.65. The lowest BCUT2D eigenvalue weighted by atomic mass is 10.1. The van der Waals surface area contributed by atoms with E-state index in [0.29, 0.717) is 18.0 Å². The highest BCUT2D eigenvalue weighted by atomic mass is 16.4. The van der Waals surface area contributed by atoms with E-state index in [1.54, 1.807) is 0 Å². The predicted octanol–water partition coefficient (Wildman–Crippen LogP) is 2.79. The van der Waals surface area contributed by atoms with E-state index >= 15 is 0 Å². The first-order valence-corrected chi connectivity index (χ1v) is 6.06. The summed E-state index contributed by atoms with van der Waals surface area (Å²) < 4.78 is 5.50. The molecule has 0 saturated heterocycles. The number of nitrogens with zero attached hydrogens (tertiary/aromatic N) is 3. The van der Waals surface area contributed by atoms with Gasteiger partial charge in [-0.25, -0.2) is 4.98 Å². The van der Waals surface area contributed by atoms with Crippen LogP contribution < -0.4 is 5.32 Å². The first-order valence-electron chi connectivity index (χ1n) is 6.06. The van der Waals surface area contributed by atoms with Crippen LogP contribution in [-0.2, 0) is 6.54 Å². The fourth-order valence-corrected chi connectivity index (χ4v) is 1.89. The van der Waals surface area contributed by atoms with E-state index in [-0.39, 0.29) is 0 Å². The number of hydrogen-bond acceptors (Lipinski definition) is 5. The largest absolute Gasteiger partial charge is 0.444 e. The molecule has 0 unspecified atom stereocenters. The lowest BCUT2D eigenvalue weighted by Crippen LogP contribution is -2.04. The molecule has 2 heterocycles. The second-order valence-electron chi connectivity index (χ2n) is 4.49. The summed E-state index contributed by atoms with van der Waals surface area (Å²) in [5.41, 5.74) is 3.81. The fourth-order valence-electron chi connectivity index (χ4n) is 1.89. The third-order valence-corrected chi connectivity index (χ3v) is 2.94. The Morgan fingerprint density at radius 1 is 1.21 bits per heavy atom. The summed E-state index contributed by atoms with van der Waals surface area (Å²) in [6.45, 7) is 7.97. The van der Waals surface area contributed by atoms with E-state index in [0.717, 1.165) is 28.5 Å². The van der Waals surface area contributed by atoms with E-state index < -0.39 is 0 Å². The van der Waals surface area contributed by atoms with Crippen LogP contribution in [0, 0.1) is 39.0 Å². The van der Waals surface area contributed by atoms with Crippen molar-refractivity contribution in [2.75, 3.05) is 5.32 Å². The van der Waals surface area contributed by atoms with Crippen molar-refractivity contribution in [1.29, 1.82) is 5.26 Å². The van der Waals surface area contributed by atoms with Gasteiger partial charge in [0.25, 0.3) is 0 Å². The molecule has 19 heavy (non-hydrogen) atoms. The zero-order valence-electron chi connectivity index (χ0n) is 11.5. The van der Waals surface area contributed by atoms with Gasteiger partial charge in [-0.15, -0.1) is 0 Å². The summed E-state index contributed by atoms with van der Waals surface area (Å²) in [5, 5.41) is 12.4. The van der Waals surface area contributed by atoms with Crippen molar-refractivity contribution in [1.82, 2.24) is 9.97 Å². The number of oxazole rings is 1. The van der Waals surface area contributed by atoms with Crippen LogP contribution in [0.5, 0.6) is 0 Å². The van der Waals surface area contributed by atoms with Crippen molar-refractivity contribution in [3.05, 3.63) is 40.4 Å². The molecule has 2 aromatic heterocycles. The van der Waals surface area contributed by atoms with Gasteiger partial charge in [0.05, 0.1) is 29.2 Å². The molecule has 0 aromatic carbocycles. The first-order chi connectivity index (χ1) is 9.01. The maximum absolute atomic E-state index is 9.17. The standard InChI is InChI=1S/C14H16N4O/c1-8-5-13(12(6-15)10(3)17-8)16-7-14-18-9(2)11(4)19-14/h5H,7H2,1-4H3,(H,16,17). The molecule has 0 fully saturated rings. The molecule has 0 spiro atoms. The van der Waals surface area contributed by atoms with Crippen LogP contribution in [0.25, 0.3) is 0 Å². The number of nitriles is 1. The molecule has 0 amide bonds. The van der Waals surface area contributed by atoms with Crippen molar-refractivity contribution in [3.8, 4) is 6.07 Å². The zero-order chi connectivity index (χ0) is 14.0. The number of rotatable bonds is 3. The van der Waals surface area contributed by atoms with Crippen molar-refractivity contribution in [2.45, 2.75) is 34.2 Å². The Morgan fingerprint density at radius 3 is 2.53 bits per heavy atom. The molecule has 0 radical (unpaired) electrons. The number of aryl methyl sites for hydroxylation is 4. The predicted molar refractivity (Wildman–Crippen MR) is 71.7 cm³/mol. The number of nitrogens with one attached hydrogen (secondary N) is 1. The summed E-state index contributed by atoms with van der Waals surface area (Å²) >= 11 is 0.